The van der Waals surface area contributed by atoms with E-state index in [1.807, 2.05) is 37.4 Å². The molecule has 0 bridgehead atoms. The van der Waals surface area contributed by atoms with Crippen molar-refractivity contribution in [3.05, 3.63) is 76.8 Å². The van der Waals surface area contributed by atoms with Crippen LogP contribution in [0.1, 0.15) is 21.5 Å². The SMILES string of the molecule is CN(Cc1ccccc1)Cc1ccccc1C(=O)C=[N+]=[N-]. The van der Waals surface area contributed by atoms with E-state index in [0.717, 1.165) is 18.3 Å². The second-order valence-corrected chi connectivity index (χ2v) is 4.92. The molecule has 4 nitrogen and oxygen atoms in total. The molecule has 21 heavy (non-hydrogen) atoms. The maximum absolute atomic E-state index is 11.9. The van der Waals surface area contributed by atoms with E-state index in [1.165, 1.54) is 5.56 Å². The van der Waals surface area contributed by atoms with Gasteiger partial charge < -0.3 is 5.53 Å². The van der Waals surface area contributed by atoms with Gasteiger partial charge in [0.05, 0.1) is 0 Å². The third-order valence-electron chi connectivity index (χ3n) is 3.19. The van der Waals surface area contributed by atoms with Crippen LogP contribution in [0.25, 0.3) is 5.53 Å². The molecule has 0 saturated carbocycles. The molecule has 0 N–H and O–H groups in total. The van der Waals surface area contributed by atoms with Crippen molar-refractivity contribution in [1.82, 2.24) is 4.90 Å². The largest absolute Gasteiger partial charge is 0.361 e. The highest BCUT2D eigenvalue weighted by Gasteiger charge is 2.13. The first-order chi connectivity index (χ1) is 10.2. The van der Waals surface area contributed by atoms with Gasteiger partial charge in [0.2, 0.25) is 0 Å². The van der Waals surface area contributed by atoms with E-state index in [9.17, 15) is 4.79 Å². The van der Waals surface area contributed by atoms with Crippen LogP contribution in [-0.2, 0) is 13.1 Å². The van der Waals surface area contributed by atoms with E-state index in [-0.39, 0.29) is 5.78 Å². The standard InChI is InChI=1S/C17H17N3O/c1-20(12-14-7-3-2-4-8-14)13-15-9-5-6-10-16(15)17(21)11-19-18/h2-11H,12-13H2,1H3. The summed E-state index contributed by atoms with van der Waals surface area (Å²) in [5, 5.41) is 0. The van der Waals surface area contributed by atoms with Gasteiger partial charge in [-0.15, -0.1) is 0 Å². The lowest BCUT2D eigenvalue weighted by atomic mass is 10.0. The Morgan fingerprint density at radius 1 is 1.10 bits per heavy atom. The number of carbonyl (C=O) groups is 1. The Labute approximate surface area is 124 Å². The van der Waals surface area contributed by atoms with Crippen LogP contribution in [0.15, 0.2) is 54.6 Å². The Morgan fingerprint density at radius 3 is 2.48 bits per heavy atom. The molecule has 2 aromatic carbocycles. The second-order valence-electron chi connectivity index (χ2n) is 4.92. The smallest absolute Gasteiger partial charge is 0.328 e. The van der Waals surface area contributed by atoms with Gasteiger partial charge in [-0.05, 0) is 18.2 Å². The molecular weight excluding hydrogens is 262 g/mol. The summed E-state index contributed by atoms with van der Waals surface area (Å²) in [4.78, 5) is 16.8. The zero-order valence-electron chi connectivity index (χ0n) is 11.9. The number of rotatable bonds is 6. The number of ketones is 1. The Kier molecular flexibility index (Phi) is 5.16. The fraction of sp³-hybridized carbons (Fsp3) is 0.176. The van der Waals surface area contributed by atoms with Crippen LogP contribution in [0, 0.1) is 0 Å². The number of Topliss-reactive ketones (excluding diaryl/α,β-unsaturated/α-hetero) is 1. The fourth-order valence-electron chi connectivity index (χ4n) is 2.26. The van der Waals surface area contributed by atoms with Crippen molar-refractivity contribution < 1.29 is 9.58 Å². The molecule has 0 spiro atoms. The normalized spacial score (nSPS) is 10.2. The van der Waals surface area contributed by atoms with Crippen LogP contribution in [-0.4, -0.2) is 28.7 Å². The van der Waals surface area contributed by atoms with E-state index in [1.54, 1.807) is 12.1 Å². The number of nitrogens with zero attached hydrogens (tertiary/aromatic N) is 3. The molecule has 0 atom stereocenters. The Bertz CT molecular complexity index is 661. The van der Waals surface area contributed by atoms with Crippen LogP contribution in [0.4, 0.5) is 0 Å². The van der Waals surface area contributed by atoms with Gasteiger partial charge in [-0.25, -0.2) is 0 Å². The van der Waals surface area contributed by atoms with Gasteiger partial charge in [-0.3, -0.25) is 9.69 Å². The van der Waals surface area contributed by atoms with Gasteiger partial charge in [0.15, 0.2) is 0 Å². The topological polar surface area (TPSA) is 56.7 Å². The molecule has 4 heteroatoms. The highest BCUT2D eigenvalue weighted by Crippen LogP contribution is 2.13. The number of hydrogen-bond donors (Lipinski definition) is 0. The van der Waals surface area contributed by atoms with Crippen molar-refractivity contribution in [2.24, 2.45) is 0 Å². The summed E-state index contributed by atoms with van der Waals surface area (Å²) in [7, 11) is 2.01. The first-order valence-corrected chi connectivity index (χ1v) is 6.73. The lowest BCUT2D eigenvalue weighted by Crippen LogP contribution is -2.19. The maximum Gasteiger partial charge on any atom is 0.328 e. The third kappa shape index (κ3) is 4.21. The molecule has 2 rings (SSSR count). The molecule has 2 aromatic rings. The average molecular weight is 279 g/mol. The minimum Gasteiger partial charge on any atom is -0.361 e. The van der Waals surface area contributed by atoms with Crippen molar-refractivity contribution in [1.29, 1.82) is 0 Å². The molecule has 0 fully saturated rings. The summed E-state index contributed by atoms with van der Waals surface area (Å²) in [5.41, 5.74) is 11.2. The molecule has 0 aromatic heterocycles. The van der Waals surface area contributed by atoms with Gasteiger partial charge in [0, 0.05) is 18.7 Å². The molecular formula is C17H17N3O. The van der Waals surface area contributed by atoms with Gasteiger partial charge in [0.1, 0.15) is 0 Å². The lowest BCUT2D eigenvalue weighted by molar-refractivity contribution is 0.00233. The monoisotopic (exact) mass is 279 g/mol. The minimum atomic E-state index is -0.291. The fourth-order valence-corrected chi connectivity index (χ4v) is 2.26. The zero-order chi connectivity index (χ0) is 15.1. The molecule has 106 valence electrons. The predicted molar refractivity (Wildman–Crippen MR) is 82.1 cm³/mol. The second kappa shape index (κ2) is 7.29. The minimum absolute atomic E-state index is 0.291. The highest BCUT2D eigenvalue weighted by molar-refractivity contribution is 6.33. The zero-order valence-corrected chi connectivity index (χ0v) is 11.9. The van der Waals surface area contributed by atoms with Crippen LogP contribution >= 0.6 is 0 Å². The van der Waals surface area contributed by atoms with Gasteiger partial charge in [0.25, 0.3) is 5.78 Å². The number of hydrogen-bond acceptors (Lipinski definition) is 2. The Hall–Kier alpha value is -2.55. The van der Waals surface area contributed by atoms with E-state index >= 15 is 0 Å². The number of benzene rings is 2. The summed E-state index contributed by atoms with van der Waals surface area (Å²) in [5.74, 6) is -0.291. The molecule has 0 heterocycles. The summed E-state index contributed by atoms with van der Waals surface area (Å²) in [6.07, 6.45) is 0.927. The van der Waals surface area contributed by atoms with Gasteiger partial charge >= 0.3 is 6.21 Å². The Balaban J connectivity index is 2.12. The van der Waals surface area contributed by atoms with E-state index < -0.39 is 0 Å². The van der Waals surface area contributed by atoms with Crippen molar-refractivity contribution in [3.63, 3.8) is 0 Å². The predicted octanol–water partition coefficient (Wildman–Crippen LogP) is 2.80. The highest BCUT2D eigenvalue weighted by atomic mass is 16.1. The molecule has 0 saturated heterocycles. The van der Waals surface area contributed by atoms with Crippen molar-refractivity contribution in [2.45, 2.75) is 13.1 Å². The first kappa shape index (κ1) is 14.9. The third-order valence-corrected chi connectivity index (χ3v) is 3.19. The Morgan fingerprint density at radius 2 is 1.76 bits per heavy atom. The molecule has 0 radical (unpaired) electrons. The van der Waals surface area contributed by atoms with Crippen LogP contribution in [0.3, 0.4) is 0 Å². The van der Waals surface area contributed by atoms with E-state index in [0.29, 0.717) is 12.1 Å². The lowest BCUT2D eigenvalue weighted by Gasteiger charge is -2.18. The van der Waals surface area contributed by atoms with Gasteiger partial charge in [-0.1, -0.05) is 54.6 Å². The molecule has 0 aliphatic carbocycles. The summed E-state index contributed by atoms with van der Waals surface area (Å²) >= 11 is 0. The summed E-state index contributed by atoms with van der Waals surface area (Å²) in [6.45, 7) is 1.45. The van der Waals surface area contributed by atoms with E-state index in [4.69, 9.17) is 5.53 Å². The van der Waals surface area contributed by atoms with Crippen molar-refractivity contribution in [3.8, 4) is 0 Å². The average Bonchev–Trinajstić information content (AvgIpc) is 2.49. The first-order valence-electron chi connectivity index (χ1n) is 6.73. The summed E-state index contributed by atoms with van der Waals surface area (Å²) < 4.78 is 0. The maximum atomic E-state index is 11.9. The molecule has 0 aliphatic heterocycles. The molecule has 0 aliphatic rings. The van der Waals surface area contributed by atoms with Gasteiger partial charge in [-0.2, -0.15) is 4.79 Å². The molecule has 0 amide bonds. The van der Waals surface area contributed by atoms with Crippen molar-refractivity contribution >= 4 is 12.0 Å². The number of carbonyl (C=O) groups excluding carboxylic acids is 1. The van der Waals surface area contributed by atoms with Crippen LogP contribution < -0.4 is 0 Å². The van der Waals surface area contributed by atoms with E-state index in [2.05, 4.69) is 21.8 Å². The quantitative estimate of drug-likeness (QED) is 0.353. The molecule has 0 unspecified atom stereocenters. The van der Waals surface area contributed by atoms with Crippen LogP contribution in [0.2, 0.25) is 0 Å². The van der Waals surface area contributed by atoms with Crippen LogP contribution in [0.5, 0.6) is 0 Å². The van der Waals surface area contributed by atoms with Crippen molar-refractivity contribution in [2.75, 3.05) is 7.05 Å². The summed E-state index contributed by atoms with van der Waals surface area (Å²) in [6, 6.07) is 17.5.